The van der Waals surface area contributed by atoms with Crippen LogP contribution in [0.4, 0.5) is 0 Å². The number of β-amino-alcohol motifs (C(OH)–C–C–N with tert-alkyl or cyclic N) is 1. The fraction of sp³-hybridized carbons (Fsp3) is 0.700. The van der Waals surface area contributed by atoms with Crippen LogP contribution < -0.4 is 0 Å². The number of aliphatic hydroxyl groups excluding tert-OH is 1. The molecule has 2 fully saturated rings. The molecule has 24 heavy (non-hydrogen) atoms. The molecule has 1 aromatic rings. The minimum absolute atomic E-state index is 0.260. The Hall–Kier alpha value is -0.940. The molecule has 1 N–H and O–H groups in total. The zero-order valence-corrected chi connectivity index (χ0v) is 15.1. The van der Waals surface area contributed by atoms with Crippen molar-refractivity contribution in [1.29, 1.82) is 0 Å². The maximum atomic E-state index is 10.4. The van der Waals surface area contributed by atoms with Crippen molar-refractivity contribution in [2.24, 2.45) is 5.92 Å². The minimum Gasteiger partial charge on any atom is -0.390 e. The van der Waals surface area contributed by atoms with Gasteiger partial charge in [0.2, 0.25) is 0 Å². The van der Waals surface area contributed by atoms with Gasteiger partial charge >= 0.3 is 0 Å². The van der Waals surface area contributed by atoms with Gasteiger partial charge in [0, 0.05) is 32.7 Å². The predicted octanol–water partition coefficient (Wildman–Crippen LogP) is 1.90. The molecule has 0 spiro atoms. The third-order valence-electron chi connectivity index (χ3n) is 5.37. The van der Waals surface area contributed by atoms with Crippen molar-refractivity contribution in [3.05, 3.63) is 35.9 Å². The largest absolute Gasteiger partial charge is 0.390 e. The summed E-state index contributed by atoms with van der Waals surface area (Å²) in [4.78, 5) is 7.30. The Morgan fingerprint density at radius 1 is 1.12 bits per heavy atom. The molecule has 0 amide bonds. The summed E-state index contributed by atoms with van der Waals surface area (Å²) in [6, 6.07) is 10.5. The van der Waals surface area contributed by atoms with E-state index in [1.165, 1.54) is 44.5 Å². The summed E-state index contributed by atoms with van der Waals surface area (Å²) < 4.78 is 0. The number of hydrogen-bond acceptors (Lipinski definition) is 4. The minimum atomic E-state index is -0.260. The van der Waals surface area contributed by atoms with Crippen LogP contribution in [0.15, 0.2) is 30.3 Å². The number of likely N-dealkylation sites (tertiary alicyclic amines) is 2. The van der Waals surface area contributed by atoms with Crippen LogP contribution in [0, 0.1) is 5.92 Å². The van der Waals surface area contributed by atoms with Gasteiger partial charge in [-0.05, 0) is 57.4 Å². The molecule has 2 saturated heterocycles. The van der Waals surface area contributed by atoms with Gasteiger partial charge in [-0.25, -0.2) is 0 Å². The molecule has 134 valence electrons. The second kappa shape index (κ2) is 8.95. The van der Waals surface area contributed by atoms with Crippen LogP contribution in [0.25, 0.3) is 0 Å². The van der Waals surface area contributed by atoms with Crippen molar-refractivity contribution in [3.63, 3.8) is 0 Å². The van der Waals surface area contributed by atoms with Crippen LogP contribution in [-0.2, 0) is 6.54 Å². The molecule has 0 aromatic heterocycles. The van der Waals surface area contributed by atoms with E-state index < -0.39 is 0 Å². The molecular weight excluding hydrogens is 298 g/mol. The number of rotatable bonds is 8. The van der Waals surface area contributed by atoms with E-state index in [0.717, 1.165) is 38.6 Å². The molecule has 1 aromatic carbocycles. The molecule has 0 saturated carbocycles. The predicted molar refractivity (Wildman–Crippen MR) is 99.0 cm³/mol. The average Bonchev–Trinajstić information content (AvgIpc) is 3.20. The van der Waals surface area contributed by atoms with Gasteiger partial charge in [0.15, 0.2) is 0 Å². The van der Waals surface area contributed by atoms with E-state index in [1.54, 1.807) is 0 Å². The monoisotopic (exact) mass is 331 g/mol. The summed E-state index contributed by atoms with van der Waals surface area (Å²) in [6.45, 7) is 8.62. The van der Waals surface area contributed by atoms with Crippen LogP contribution in [0.2, 0.25) is 0 Å². The maximum Gasteiger partial charge on any atom is 0.0793 e. The fourth-order valence-electron chi connectivity index (χ4n) is 4.23. The fourth-order valence-corrected chi connectivity index (χ4v) is 4.23. The van der Waals surface area contributed by atoms with E-state index in [1.807, 2.05) is 6.07 Å². The second-order valence-corrected chi connectivity index (χ2v) is 7.76. The number of nitrogens with zero attached hydrogens (tertiary/aromatic N) is 3. The molecule has 0 radical (unpaired) electrons. The molecule has 2 aliphatic heterocycles. The lowest BCUT2D eigenvalue weighted by Gasteiger charge is -2.25. The van der Waals surface area contributed by atoms with Gasteiger partial charge in [-0.2, -0.15) is 0 Å². The molecule has 2 aliphatic rings. The van der Waals surface area contributed by atoms with Crippen molar-refractivity contribution >= 4 is 0 Å². The van der Waals surface area contributed by atoms with Crippen molar-refractivity contribution in [1.82, 2.24) is 14.7 Å². The summed E-state index contributed by atoms with van der Waals surface area (Å²) in [5.74, 6) is 0.803. The second-order valence-electron chi connectivity index (χ2n) is 7.76. The zero-order valence-electron chi connectivity index (χ0n) is 15.1. The van der Waals surface area contributed by atoms with E-state index in [-0.39, 0.29) is 6.10 Å². The number of hydrogen-bond donors (Lipinski definition) is 1. The van der Waals surface area contributed by atoms with E-state index in [2.05, 4.69) is 46.0 Å². The Balaban J connectivity index is 1.35. The molecule has 2 atom stereocenters. The van der Waals surface area contributed by atoms with E-state index >= 15 is 0 Å². The first kappa shape index (κ1) is 17.9. The Morgan fingerprint density at radius 3 is 2.62 bits per heavy atom. The van der Waals surface area contributed by atoms with E-state index in [9.17, 15) is 5.11 Å². The first-order chi connectivity index (χ1) is 11.7. The highest BCUT2D eigenvalue weighted by atomic mass is 16.3. The third-order valence-corrected chi connectivity index (χ3v) is 5.37. The Kier molecular flexibility index (Phi) is 6.67. The normalized spacial score (nSPS) is 24.0. The quantitative estimate of drug-likeness (QED) is 0.788. The average molecular weight is 332 g/mol. The Morgan fingerprint density at radius 2 is 1.88 bits per heavy atom. The van der Waals surface area contributed by atoms with E-state index in [0.29, 0.717) is 0 Å². The SMILES string of the molecule is CN(Cc1ccccc1)CC(O)CN1CCC(CN2CCCC2)C1. The van der Waals surface area contributed by atoms with Crippen LogP contribution in [-0.4, -0.2) is 78.8 Å². The summed E-state index contributed by atoms with van der Waals surface area (Å²) in [5, 5.41) is 10.4. The maximum absolute atomic E-state index is 10.4. The molecule has 0 aliphatic carbocycles. The zero-order chi connectivity index (χ0) is 16.8. The third kappa shape index (κ3) is 5.55. The highest BCUT2D eigenvalue weighted by Crippen LogP contribution is 2.20. The van der Waals surface area contributed by atoms with Crippen LogP contribution in [0.5, 0.6) is 0 Å². The van der Waals surface area contributed by atoms with Crippen LogP contribution in [0.3, 0.4) is 0 Å². The summed E-state index contributed by atoms with van der Waals surface area (Å²) >= 11 is 0. The van der Waals surface area contributed by atoms with Crippen molar-refractivity contribution in [2.45, 2.75) is 31.9 Å². The smallest absolute Gasteiger partial charge is 0.0793 e. The first-order valence-corrected chi connectivity index (χ1v) is 9.54. The van der Waals surface area contributed by atoms with E-state index in [4.69, 9.17) is 0 Å². The van der Waals surface area contributed by atoms with Gasteiger partial charge in [-0.15, -0.1) is 0 Å². The molecule has 4 nitrogen and oxygen atoms in total. The lowest BCUT2D eigenvalue weighted by atomic mass is 10.1. The van der Waals surface area contributed by atoms with Gasteiger partial charge in [0.1, 0.15) is 0 Å². The van der Waals surface area contributed by atoms with Gasteiger partial charge in [0.25, 0.3) is 0 Å². The molecule has 2 heterocycles. The highest BCUT2D eigenvalue weighted by molar-refractivity contribution is 5.14. The van der Waals surface area contributed by atoms with Crippen LogP contribution >= 0.6 is 0 Å². The molecule has 2 unspecified atom stereocenters. The number of likely N-dealkylation sites (N-methyl/N-ethyl adjacent to an activating group) is 1. The molecule has 4 heteroatoms. The van der Waals surface area contributed by atoms with Gasteiger partial charge in [-0.3, -0.25) is 4.90 Å². The van der Waals surface area contributed by atoms with Crippen molar-refractivity contribution in [2.75, 3.05) is 52.9 Å². The molecular formula is C20H33N3O. The van der Waals surface area contributed by atoms with Crippen molar-refractivity contribution in [3.8, 4) is 0 Å². The Labute approximate surface area is 147 Å². The summed E-state index contributed by atoms with van der Waals surface area (Å²) in [5.41, 5.74) is 1.30. The van der Waals surface area contributed by atoms with Crippen molar-refractivity contribution < 1.29 is 5.11 Å². The summed E-state index contributed by atoms with van der Waals surface area (Å²) in [6.07, 6.45) is 3.79. The Bertz CT molecular complexity index is 475. The van der Waals surface area contributed by atoms with Gasteiger partial charge < -0.3 is 14.9 Å². The lowest BCUT2D eigenvalue weighted by Crippen LogP contribution is -2.38. The first-order valence-electron chi connectivity index (χ1n) is 9.54. The topological polar surface area (TPSA) is 30.0 Å². The lowest BCUT2D eigenvalue weighted by molar-refractivity contribution is 0.0864. The van der Waals surface area contributed by atoms with Gasteiger partial charge in [0.05, 0.1) is 6.10 Å². The van der Waals surface area contributed by atoms with Gasteiger partial charge in [-0.1, -0.05) is 30.3 Å². The molecule has 0 bridgehead atoms. The standard InChI is InChI=1S/C20H33N3O/c1-21(13-18-7-3-2-4-8-18)16-20(24)17-23-12-9-19(15-23)14-22-10-5-6-11-22/h2-4,7-8,19-20,24H,5-6,9-17H2,1H3. The summed E-state index contributed by atoms with van der Waals surface area (Å²) in [7, 11) is 2.09. The highest BCUT2D eigenvalue weighted by Gasteiger charge is 2.26. The van der Waals surface area contributed by atoms with Crippen LogP contribution in [0.1, 0.15) is 24.8 Å². The number of aliphatic hydroxyl groups is 1. The number of benzene rings is 1. The molecule has 3 rings (SSSR count).